The highest BCUT2D eigenvalue weighted by Crippen LogP contribution is 2.22. The van der Waals surface area contributed by atoms with Crippen LogP contribution in [0.5, 0.6) is 0 Å². The Morgan fingerprint density at radius 3 is 2.60 bits per heavy atom. The number of furan rings is 1. The topological polar surface area (TPSA) is 56.9 Å². The van der Waals surface area contributed by atoms with Gasteiger partial charge in [-0.05, 0) is 58.9 Å². The van der Waals surface area contributed by atoms with Crippen LogP contribution in [0.15, 0.2) is 10.5 Å². The van der Waals surface area contributed by atoms with Gasteiger partial charge < -0.3 is 14.4 Å². The molecule has 5 heteroatoms. The Kier molecular flexibility index (Phi) is 4.83. The first-order valence-electron chi connectivity index (χ1n) is 7.15. The van der Waals surface area contributed by atoms with E-state index in [9.17, 15) is 4.79 Å². The first-order valence-corrected chi connectivity index (χ1v) is 7.15. The lowest BCUT2D eigenvalue weighted by Crippen LogP contribution is -2.36. The quantitative estimate of drug-likeness (QED) is 0.894. The molecule has 1 aromatic heterocycles. The maximum atomic E-state index is 10.9. The molecule has 0 amide bonds. The van der Waals surface area contributed by atoms with Crippen molar-refractivity contribution in [3.8, 4) is 0 Å². The highest BCUT2D eigenvalue weighted by molar-refractivity contribution is 5.84. The molecule has 0 atom stereocenters. The molecule has 1 fully saturated rings. The highest BCUT2D eigenvalue weighted by Gasteiger charge is 2.21. The van der Waals surface area contributed by atoms with Crippen molar-refractivity contribution in [3.63, 3.8) is 0 Å². The molecule has 0 aromatic carbocycles. The number of carboxylic acids is 1. The minimum absolute atomic E-state index is 0.0417. The van der Waals surface area contributed by atoms with E-state index >= 15 is 0 Å². The van der Waals surface area contributed by atoms with Crippen LogP contribution < -0.4 is 0 Å². The fourth-order valence-electron chi connectivity index (χ4n) is 2.87. The summed E-state index contributed by atoms with van der Waals surface area (Å²) in [7, 11) is 4.24. The van der Waals surface area contributed by atoms with Crippen LogP contribution in [0.25, 0.3) is 0 Å². The Hall–Kier alpha value is -1.33. The summed E-state index contributed by atoms with van der Waals surface area (Å²) < 4.78 is 5.26. The molecule has 0 bridgehead atoms. The number of rotatable bonds is 5. The second-order valence-electron chi connectivity index (χ2n) is 5.98. The number of carboxylic acid groups (broad SMARTS) is 1. The van der Waals surface area contributed by atoms with Gasteiger partial charge in [0.05, 0.1) is 0 Å². The first-order chi connectivity index (χ1) is 9.45. The zero-order valence-electron chi connectivity index (χ0n) is 12.6. The van der Waals surface area contributed by atoms with E-state index in [1.165, 1.54) is 12.8 Å². The second-order valence-corrected chi connectivity index (χ2v) is 5.98. The number of hydrogen-bond donors (Lipinski definition) is 1. The van der Waals surface area contributed by atoms with Crippen LogP contribution in [0.2, 0.25) is 0 Å². The molecule has 1 saturated heterocycles. The number of hydrogen-bond acceptors (Lipinski definition) is 4. The van der Waals surface area contributed by atoms with E-state index in [2.05, 4.69) is 23.9 Å². The Bertz CT molecular complexity index is 460. The van der Waals surface area contributed by atoms with Gasteiger partial charge in [-0.2, -0.15) is 0 Å². The number of aromatic carboxylic acids is 1. The maximum absolute atomic E-state index is 10.9. The van der Waals surface area contributed by atoms with Gasteiger partial charge in [-0.3, -0.25) is 4.90 Å². The fraction of sp³-hybridized carbons (Fsp3) is 0.667. The molecule has 0 aliphatic carbocycles. The van der Waals surface area contributed by atoms with Gasteiger partial charge >= 0.3 is 5.97 Å². The molecule has 0 saturated carbocycles. The summed E-state index contributed by atoms with van der Waals surface area (Å²) in [6, 6.07) is 1.66. The molecule has 2 rings (SSSR count). The fourth-order valence-corrected chi connectivity index (χ4v) is 2.87. The minimum Gasteiger partial charge on any atom is -0.475 e. The third kappa shape index (κ3) is 3.84. The number of likely N-dealkylation sites (tertiary alicyclic amines) is 1. The predicted molar refractivity (Wildman–Crippen MR) is 77.0 cm³/mol. The van der Waals surface area contributed by atoms with Gasteiger partial charge in [0, 0.05) is 18.7 Å². The second kappa shape index (κ2) is 6.41. The summed E-state index contributed by atoms with van der Waals surface area (Å²) in [5, 5.41) is 8.94. The monoisotopic (exact) mass is 280 g/mol. The van der Waals surface area contributed by atoms with Crippen LogP contribution in [-0.2, 0) is 6.54 Å². The van der Waals surface area contributed by atoms with E-state index in [1.807, 2.05) is 6.92 Å². The van der Waals surface area contributed by atoms with E-state index in [4.69, 9.17) is 9.52 Å². The average molecular weight is 280 g/mol. The van der Waals surface area contributed by atoms with E-state index < -0.39 is 5.97 Å². The van der Waals surface area contributed by atoms with Crippen molar-refractivity contribution in [3.05, 3.63) is 23.2 Å². The summed E-state index contributed by atoms with van der Waals surface area (Å²) in [6.45, 7) is 5.93. The largest absolute Gasteiger partial charge is 0.475 e. The summed E-state index contributed by atoms with van der Waals surface area (Å²) in [6.07, 6.45) is 2.42. The van der Waals surface area contributed by atoms with Crippen molar-refractivity contribution >= 4 is 5.97 Å². The molecule has 2 heterocycles. The minimum atomic E-state index is -0.996. The molecule has 0 spiro atoms. The SMILES string of the molecule is Cc1oc(C(=O)O)cc1CN1CCC(CN(C)C)CC1. The molecule has 20 heavy (non-hydrogen) atoms. The molecular formula is C15H24N2O3. The van der Waals surface area contributed by atoms with Crippen LogP contribution >= 0.6 is 0 Å². The van der Waals surface area contributed by atoms with Gasteiger partial charge in [0.15, 0.2) is 0 Å². The highest BCUT2D eigenvalue weighted by atomic mass is 16.4. The Labute approximate surface area is 120 Å². The molecule has 0 radical (unpaired) electrons. The van der Waals surface area contributed by atoms with Gasteiger partial charge in [-0.15, -0.1) is 0 Å². The van der Waals surface area contributed by atoms with Crippen LogP contribution in [-0.4, -0.2) is 54.6 Å². The molecule has 5 nitrogen and oxygen atoms in total. The molecule has 1 aliphatic heterocycles. The zero-order valence-corrected chi connectivity index (χ0v) is 12.6. The van der Waals surface area contributed by atoms with Crippen LogP contribution in [0.1, 0.15) is 34.7 Å². The van der Waals surface area contributed by atoms with E-state index in [-0.39, 0.29) is 5.76 Å². The predicted octanol–water partition coefficient (Wildman–Crippen LogP) is 2.06. The third-order valence-electron chi connectivity index (χ3n) is 3.96. The zero-order chi connectivity index (χ0) is 14.7. The van der Waals surface area contributed by atoms with Crippen LogP contribution in [0, 0.1) is 12.8 Å². The third-order valence-corrected chi connectivity index (χ3v) is 3.96. The standard InChI is InChI=1S/C15H24N2O3/c1-11-13(8-14(20-11)15(18)19)10-17-6-4-12(5-7-17)9-16(2)3/h8,12H,4-7,9-10H2,1-3H3,(H,18,19). The van der Waals surface area contributed by atoms with Gasteiger partial charge in [0.25, 0.3) is 0 Å². The van der Waals surface area contributed by atoms with Crippen LogP contribution in [0.4, 0.5) is 0 Å². The molecule has 1 N–H and O–H groups in total. The molecular weight excluding hydrogens is 256 g/mol. The molecule has 112 valence electrons. The first kappa shape index (κ1) is 15.1. The lowest BCUT2D eigenvalue weighted by molar-refractivity contribution is 0.0661. The van der Waals surface area contributed by atoms with Gasteiger partial charge in [-0.1, -0.05) is 0 Å². The molecule has 1 aromatic rings. The number of aryl methyl sites for hydroxylation is 1. The maximum Gasteiger partial charge on any atom is 0.371 e. The van der Waals surface area contributed by atoms with E-state index in [0.717, 1.165) is 43.4 Å². The van der Waals surface area contributed by atoms with Crippen molar-refractivity contribution in [2.45, 2.75) is 26.3 Å². The van der Waals surface area contributed by atoms with Gasteiger partial charge in [-0.25, -0.2) is 4.79 Å². The van der Waals surface area contributed by atoms with Gasteiger partial charge in [0.1, 0.15) is 5.76 Å². The Morgan fingerprint density at radius 1 is 1.45 bits per heavy atom. The smallest absolute Gasteiger partial charge is 0.371 e. The van der Waals surface area contributed by atoms with Crippen molar-refractivity contribution in [1.29, 1.82) is 0 Å². The number of carbonyl (C=O) groups is 1. The lowest BCUT2D eigenvalue weighted by Gasteiger charge is -2.33. The molecule has 0 unspecified atom stereocenters. The average Bonchev–Trinajstić information content (AvgIpc) is 2.73. The number of nitrogens with zero attached hydrogens (tertiary/aromatic N) is 2. The van der Waals surface area contributed by atoms with Crippen molar-refractivity contribution < 1.29 is 14.3 Å². The van der Waals surface area contributed by atoms with Crippen molar-refractivity contribution in [2.24, 2.45) is 5.92 Å². The van der Waals surface area contributed by atoms with E-state index in [1.54, 1.807) is 6.07 Å². The normalized spacial score (nSPS) is 17.8. The van der Waals surface area contributed by atoms with E-state index in [0.29, 0.717) is 0 Å². The Morgan fingerprint density at radius 2 is 2.10 bits per heavy atom. The number of piperidine rings is 1. The molecule has 1 aliphatic rings. The summed E-state index contributed by atoms with van der Waals surface area (Å²) in [5.74, 6) is 0.545. The summed E-state index contributed by atoms with van der Waals surface area (Å²) >= 11 is 0. The van der Waals surface area contributed by atoms with Crippen molar-refractivity contribution in [1.82, 2.24) is 9.80 Å². The summed E-state index contributed by atoms with van der Waals surface area (Å²) in [4.78, 5) is 15.5. The Balaban J connectivity index is 1.88. The van der Waals surface area contributed by atoms with Crippen molar-refractivity contribution in [2.75, 3.05) is 33.7 Å². The summed E-state index contributed by atoms with van der Waals surface area (Å²) in [5.41, 5.74) is 0.994. The lowest BCUT2D eigenvalue weighted by atomic mass is 9.96. The van der Waals surface area contributed by atoms with Gasteiger partial charge in [0.2, 0.25) is 5.76 Å². The van der Waals surface area contributed by atoms with Crippen LogP contribution in [0.3, 0.4) is 0 Å².